The van der Waals surface area contributed by atoms with Crippen LogP contribution < -0.4 is 0 Å². The van der Waals surface area contributed by atoms with Crippen molar-refractivity contribution < 1.29 is 58.5 Å². The molecule has 1 aromatic carbocycles. The van der Waals surface area contributed by atoms with E-state index in [4.69, 9.17) is 6.42 Å². The van der Waals surface area contributed by atoms with Crippen molar-refractivity contribution in [3.8, 4) is 5.92 Å². The van der Waals surface area contributed by atoms with Crippen LogP contribution in [0.2, 0.25) is 0 Å². The largest absolute Gasteiger partial charge is 3.00 e. The van der Waals surface area contributed by atoms with Gasteiger partial charge in [-0.3, -0.25) is 5.92 Å². The fourth-order valence-electron chi connectivity index (χ4n) is 1.62. The summed E-state index contributed by atoms with van der Waals surface area (Å²) >= 11 is 0. The molecule has 0 fully saturated rings. The third-order valence-corrected chi connectivity index (χ3v) is 3.48. The summed E-state index contributed by atoms with van der Waals surface area (Å²) in [5.74, 6) is 1.69. The van der Waals surface area contributed by atoms with Gasteiger partial charge in [0, 0.05) is 5.56 Å². The maximum Gasteiger partial charge on any atom is 3.00 e. The number of benzene rings is 1. The molecule has 0 aliphatic heterocycles. The van der Waals surface area contributed by atoms with Crippen LogP contribution in [0.15, 0.2) is 24.3 Å². The molecule has 0 saturated heterocycles. The molecular weight excluding hydrogens is 370 g/mol. The van der Waals surface area contributed by atoms with Crippen molar-refractivity contribution in [1.29, 1.82) is 0 Å². The van der Waals surface area contributed by atoms with Crippen molar-refractivity contribution in [1.82, 2.24) is 0 Å². The first-order valence-electron chi connectivity index (χ1n) is 5.01. The molecule has 0 heterocycles. The summed E-state index contributed by atoms with van der Waals surface area (Å²) in [4.78, 5) is 0. The Hall–Kier alpha value is -0.836. The molecule has 0 bridgehead atoms. The number of allylic oxidation sites excluding steroid dienone is 1. The first-order valence-corrected chi connectivity index (χ1v) is 6.42. The van der Waals surface area contributed by atoms with E-state index in [9.17, 15) is 21.6 Å². The van der Waals surface area contributed by atoms with Gasteiger partial charge in [-0.1, -0.05) is 6.07 Å². The van der Waals surface area contributed by atoms with E-state index in [0.29, 0.717) is 11.1 Å². The Morgan fingerprint density at radius 2 is 1.95 bits per heavy atom. The van der Waals surface area contributed by atoms with E-state index in [1.807, 2.05) is 0 Å². The van der Waals surface area contributed by atoms with Gasteiger partial charge < -0.3 is 10.6 Å². The van der Waals surface area contributed by atoms with Crippen LogP contribution in [-0.4, -0.2) is 13.9 Å². The molecule has 20 heavy (non-hydrogen) atoms. The first kappa shape index (κ1) is 17.2. The summed E-state index contributed by atoms with van der Waals surface area (Å²) in [7, 11) is -5.68. The minimum Gasteiger partial charge on any atom is -0.376 e. The molecule has 0 atom stereocenters. The van der Waals surface area contributed by atoms with Crippen LogP contribution in [0.4, 0.5) is 13.2 Å². The van der Waals surface area contributed by atoms with Crippen molar-refractivity contribution in [2.75, 3.05) is 0 Å². The average Bonchev–Trinajstić information content (AvgIpc) is 2.69. The molecule has 1 aliphatic rings. The number of halogens is 3. The Kier molecular flexibility index (Phi) is 5.06. The minimum absolute atomic E-state index is 0. The van der Waals surface area contributed by atoms with Gasteiger partial charge in [-0.2, -0.15) is 21.6 Å². The Morgan fingerprint density at radius 3 is 2.50 bits per heavy atom. The molecule has 2 rings (SSSR count). The molecule has 1 aliphatic carbocycles. The smallest absolute Gasteiger partial charge is 0.376 e. The van der Waals surface area contributed by atoms with E-state index in [-0.39, 0.29) is 50.5 Å². The van der Waals surface area contributed by atoms with Crippen LogP contribution in [0.1, 0.15) is 16.7 Å². The van der Waals surface area contributed by atoms with E-state index in [2.05, 4.69) is 10.1 Å². The molecule has 0 amide bonds. The molecule has 0 radical (unpaired) electrons. The number of fused-ring (bicyclic) bond motifs is 1. The monoisotopic (exact) mass is 376 g/mol. The van der Waals surface area contributed by atoms with E-state index < -0.39 is 15.6 Å². The van der Waals surface area contributed by atoms with Crippen molar-refractivity contribution in [3.05, 3.63) is 47.4 Å². The van der Waals surface area contributed by atoms with Gasteiger partial charge in [0.05, 0.1) is 0 Å². The normalized spacial score (nSPS) is 13.8. The van der Waals surface area contributed by atoms with Gasteiger partial charge >= 0.3 is 48.3 Å². The number of hydrogen-bond acceptors (Lipinski definition) is 3. The Labute approximate surface area is 139 Å². The zero-order valence-electron chi connectivity index (χ0n) is 9.86. The molecule has 1 aromatic rings. The van der Waals surface area contributed by atoms with Crippen molar-refractivity contribution in [2.24, 2.45) is 0 Å². The molecular formula is C12H6F3O3SY+2. The quantitative estimate of drug-likeness (QED) is 0.345. The summed E-state index contributed by atoms with van der Waals surface area (Å²) in [6.07, 6.45) is 8.47. The van der Waals surface area contributed by atoms with Gasteiger partial charge in [0.15, 0.2) is 0 Å². The predicted molar refractivity (Wildman–Crippen MR) is 60.4 cm³/mol. The van der Waals surface area contributed by atoms with Crippen LogP contribution in [0.25, 0.3) is 5.76 Å². The second-order valence-corrected chi connectivity index (χ2v) is 5.29. The Morgan fingerprint density at radius 1 is 1.30 bits per heavy atom. The topological polar surface area (TPSA) is 43.4 Å². The average molecular weight is 376 g/mol. The molecule has 0 N–H and O–H groups in total. The van der Waals surface area contributed by atoms with Gasteiger partial charge in [-0.15, -0.1) is 17.7 Å². The van der Waals surface area contributed by atoms with Crippen molar-refractivity contribution in [2.45, 2.75) is 11.9 Å². The van der Waals surface area contributed by atoms with E-state index in [1.54, 1.807) is 12.1 Å². The Balaban J connectivity index is 0.00000200. The molecule has 0 saturated carbocycles. The molecule has 0 aromatic heterocycles. The SMILES string of the molecule is [C-]#Cc1ccc2c(c1)C(OS(=O)(=O)C(F)(F)F)=CC2.[Y+3]. The van der Waals surface area contributed by atoms with E-state index in [0.717, 1.165) is 0 Å². The van der Waals surface area contributed by atoms with Crippen LogP contribution in [-0.2, 0) is 53.4 Å². The fraction of sp³-hybridized carbons (Fsp3) is 0.167. The fourth-order valence-corrected chi connectivity index (χ4v) is 2.11. The summed E-state index contributed by atoms with van der Waals surface area (Å²) in [6.45, 7) is 0. The van der Waals surface area contributed by atoms with E-state index >= 15 is 0 Å². The third kappa shape index (κ3) is 3.25. The second kappa shape index (κ2) is 5.88. The molecule has 3 nitrogen and oxygen atoms in total. The second-order valence-electron chi connectivity index (χ2n) is 3.75. The van der Waals surface area contributed by atoms with E-state index in [1.165, 1.54) is 12.1 Å². The maximum atomic E-state index is 12.2. The van der Waals surface area contributed by atoms with Crippen LogP contribution in [0.3, 0.4) is 0 Å². The third-order valence-electron chi connectivity index (χ3n) is 2.51. The number of rotatable bonds is 2. The Bertz CT molecular complexity index is 700. The molecule has 100 valence electrons. The van der Waals surface area contributed by atoms with Crippen LogP contribution in [0.5, 0.6) is 0 Å². The predicted octanol–water partition coefficient (Wildman–Crippen LogP) is 2.39. The van der Waals surface area contributed by atoms with Gasteiger partial charge in [0.1, 0.15) is 5.76 Å². The van der Waals surface area contributed by atoms with Gasteiger partial charge in [-0.25, -0.2) is 0 Å². The summed E-state index contributed by atoms with van der Waals surface area (Å²) < 4.78 is 62.6. The van der Waals surface area contributed by atoms with Crippen LogP contribution >= 0.6 is 0 Å². The zero-order chi connectivity index (χ0) is 14.3. The molecule has 8 heteroatoms. The summed E-state index contributed by atoms with van der Waals surface area (Å²) in [5.41, 5.74) is -4.29. The molecule has 0 unspecified atom stereocenters. The van der Waals surface area contributed by atoms with Gasteiger partial charge in [0.2, 0.25) is 0 Å². The van der Waals surface area contributed by atoms with Crippen LogP contribution in [0, 0.1) is 12.3 Å². The number of alkyl halides is 3. The zero-order valence-corrected chi connectivity index (χ0v) is 13.5. The van der Waals surface area contributed by atoms with Gasteiger partial charge in [-0.05, 0) is 18.1 Å². The standard InChI is InChI=1S/C12H6F3O3S.Y/c1-2-8-3-4-9-5-6-11(10(9)7-8)18-19(16,17)12(13,14)15;/h3-4,6-7H,5H2;/q-1;+3. The van der Waals surface area contributed by atoms with Crippen molar-refractivity contribution in [3.63, 3.8) is 0 Å². The first-order chi connectivity index (χ1) is 8.74. The summed E-state index contributed by atoms with van der Waals surface area (Å²) in [5, 5.41) is 0. The number of hydrogen-bond donors (Lipinski definition) is 0. The maximum absolute atomic E-state index is 12.2. The summed E-state index contributed by atoms with van der Waals surface area (Å²) in [6, 6.07) is 4.49. The molecule has 0 spiro atoms. The van der Waals surface area contributed by atoms with Crippen molar-refractivity contribution >= 4 is 15.9 Å². The minimum atomic E-state index is -5.68. The van der Waals surface area contributed by atoms with Gasteiger partial charge in [0.25, 0.3) is 0 Å².